The van der Waals surface area contributed by atoms with Gasteiger partial charge in [0.15, 0.2) is 0 Å². The van der Waals surface area contributed by atoms with E-state index in [-0.39, 0.29) is 10.6 Å². The van der Waals surface area contributed by atoms with Crippen molar-refractivity contribution in [2.45, 2.75) is 6.92 Å². The van der Waals surface area contributed by atoms with Crippen LogP contribution in [0.3, 0.4) is 0 Å². The lowest BCUT2D eigenvalue weighted by Crippen LogP contribution is -2.00. The van der Waals surface area contributed by atoms with Crippen molar-refractivity contribution in [2.24, 2.45) is 4.99 Å². The summed E-state index contributed by atoms with van der Waals surface area (Å²) in [5.74, 6) is -1.08. The predicted molar refractivity (Wildman–Crippen MR) is 76.7 cm³/mol. The zero-order valence-corrected chi connectivity index (χ0v) is 11.1. The van der Waals surface area contributed by atoms with Crippen molar-refractivity contribution >= 4 is 29.0 Å². The Morgan fingerprint density at radius 3 is 2.42 bits per heavy atom. The summed E-state index contributed by atoms with van der Waals surface area (Å²) in [5.41, 5.74) is 2.07. The molecule has 0 aliphatic carbocycles. The topological polar surface area (TPSA) is 49.7 Å². The Labute approximate surface area is 116 Å². The Morgan fingerprint density at radius 1 is 1.11 bits per heavy atom. The zero-order chi connectivity index (χ0) is 13.8. The van der Waals surface area contributed by atoms with E-state index in [1.165, 1.54) is 0 Å². The van der Waals surface area contributed by atoms with E-state index in [0.717, 1.165) is 11.3 Å². The van der Waals surface area contributed by atoms with Crippen LogP contribution >= 0.6 is 11.6 Å². The van der Waals surface area contributed by atoms with E-state index >= 15 is 0 Å². The van der Waals surface area contributed by atoms with E-state index in [0.29, 0.717) is 5.69 Å². The Hall–Kier alpha value is -2.13. The number of halogens is 1. The van der Waals surface area contributed by atoms with E-state index in [9.17, 15) is 9.90 Å². The first kappa shape index (κ1) is 13.3. The molecule has 0 saturated carbocycles. The fraction of sp³-hybridized carbons (Fsp3) is 0.0667. The number of rotatable bonds is 3. The molecule has 0 spiro atoms. The minimum Gasteiger partial charge on any atom is -0.478 e. The molecule has 0 aromatic heterocycles. The lowest BCUT2D eigenvalue weighted by Gasteiger charge is -2.05. The maximum Gasteiger partial charge on any atom is 0.339 e. The molecule has 0 saturated heterocycles. The van der Waals surface area contributed by atoms with E-state index < -0.39 is 5.97 Å². The number of carbonyl (C=O) groups is 1. The van der Waals surface area contributed by atoms with Crippen molar-refractivity contribution in [2.75, 3.05) is 0 Å². The second-order valence-corrected chi connectivity index (χ2v) is 4.41. The van der Waals surface area contributed by atoms with Gasteiger partial charge in [-0.1, -0.05) is 48.0 Å². The molecule has 0 bridgehead atoms. The molecule has 0 atom stereocenters. The zero-order valence-electron chi connectivity index (χ0n) is 10.3. The average Bonchev–Trinajstić information content (AvgIpc) is 2.39. The highest BCUT2D eigenvalue weighted by Crippen LogP contribution is 2.27. The summed E-state index contributed by atoms with van der Waals surface area (Å²) in [6.45, 7) is 1.84. The van der Waals surface area contributed by atoms with Crippen LogP contribution in [0.15, 0.2) is 53.5 Å². The first-order chi connectivity index (χ1) is 9.09. The highest BCUT2D eigenvalue weighted by Gasteiger charge is 2.14. The summed E-state index contributed by atoms with van der Waals surface area (Å²) < 4.78 is 0. The van der Waals surface area contributed by atoms with Gasteiger partial charge < -0.3 is 5.11 Å². The summed E-state index contributed by atoms with van der Waals surface area (Å²) in [7, 11) is 0. The average molecular weight is 274 g/mol. The standard InChI is InChI=1S/C15H12ClNO2/c1-10(11-6-3-2-4-7-11)17-13-9-5-8-12(16)14(13)15(18)19/h2-9H,1H3,(H,18,19). The number of carboxylic acid groups (broad SMARTS) is 1. The van der Waals surface area contributed by atoms with Crippen LogP contribution in [0, 0.1) is 0 Å². The smallest absolute Gasteiger partial charge is 0.339 e. The van der Waals surface area contributed by atoms with Gasteiger partial charge in [-0.25, -0.2) is 4.79 Å². The third-order valence-electron chi connectivity index (χ3n) is 2.69. The molecule has 0 amide bonds. The normalized spacial score (nSPS) is 11.4. The lowest BCUT2D eigenvalue weighted by molar-refractivity contribution is 0.0698. The number of hydrogen-bond acceptors (Lipinski definition) is 2. The van der Waals surface area contributed by atoms with Gasteiger partial charge in [-0.2, -0.15) is 0 Å². The van der Waals surface area contributed by atoms with Crippen LogP contribution in [0.25, 0.3) is 0 Å². The van der Waals surface area contributed by atoms with Gasteiger partial charge in [0.05, 0.1) is 10.7 Å². The molecule has 0 heterocycles. The van der Waals surface area contributed by atoms with Crippen LogP contribution in [0.2, 0.25) is 5.02 Å². The monoisotopic (exact) mass is 273 g/mol. The Kier molecular flexibility index (Phi) is 3.97. The Morgan fingerprint density at radius 2 is 1.79 bits per heavy atom. The Balaban J connectivity index is 2.49. The van der Waals surface area contributed by atoms with E-state index in [4.69, 9.17) is 11.6 Å². The number of benzene rings is 2. The van der Waals surface area contributed by atoms with Gasteiger partial charge in [-0.15, -0.1) is 0 Å². The number of aromatic carboxylic acids is 1. The fourth-order valence-electron chi connectivity index (χ4n) is 1.74. The summed E-state index contributed by atoms with van der Waals surface area (Å²) in [6.07, 6.45) is 0. The fourth-order valence-corrected chi connectivity index (χ4v) is 1.99. The van der Waals surface area contributed by atoms with Crippen molar-refractivity contribution in [3.05, 3.63) is 64.7 Å². The minimum atomic E-state index is -1.08. The molecule has 2 aromatic carbocycles. The maximum absolute atomic E-state index is 11.2. The number of hydrogen-bond donors (Lipinski definition) is 1. The van der Waals surface area contributed by atoms with Crippen LogP contribution in [-0.4, -0.2) is 16.8 Å². The van der Waals surface area contributed by atoms with Gasteiger partial charge in [0.2, 0.25) is 0 Å². The van der Waals surface area contributed by atoms with Gasteiger partial charge in [0.1, 0.15) is 5.56 Å². The predicted octanol–water partition coefficient (Wildman–Crippen LogP) is 4.18. The quantitative estimate of drug-likeness (QED) is 0.853. The van der Waals surface area contributed by atoms with Gasteiger partial charge in [-0.05, 0) is 24.6 Å². The summed E-state index contributed by atoms with van der Waals surface area (Å²) in [4.78, 5) is 15.6. The van der Waals surface area contributed by atoms with Crippen LogP contribution < -0.4 is 0 Å². The molecule has 4 heteroatoms. The van der Waals surface area contributed by atoms with Crippen molar-refractivity contribution in [3.8, 4) is 0 Å². The molecular formula is C15H12ClNO2. The van der Waals surface area contributed by atoms with E-state index in [1.807, 2.05) is 37.3 Å². The molecule has 0 aliphatic rings. The summed E-state index contributed by atoms with van der Waals surface area (Å²) in [6, 6.07) is 14.4. The molecule has 0 unspecified atom stereocenters. The molecule has 3 nitrogen and oxygen atoms in total. The van der Waals surface area contributed by atoms with Crippen LogP contribution in [0.4, 0.5) is 5.69 Å². The number of aliphatic imine (C=N–C) groups is 1. The van der Waals surface area contributed by atoms with Crippen LogP contribution in [0.5, 0.6) is 0 Å². The first-order valence-electron chi connectivity index (χ1n) is 5.72. The molecule has 19 heavy (non-hydrogen) atoms. The van der Waals surface area contributed by atoms with Gasteiger partial charge in [0.25, 0.3) is 0 Å². The van der Waals surface area contributed by atoms with Crippen LogP contribution in [-0.2, 0) is 0 Å². The highest BCUT2D eigenvalue weighted by molar-refractivity contribution is 6.34. The van der Waals surface area contributed by atoms with Gasteiger partial charge in [0, 0.05) is 5.71 Å². The Bertz CT molecular complexity index is 636. The summed E-state index contributed by atoms with van der Waals surface area (Å²) >= 11 is 5.90. The van der Waals surface area contributed by atoms with Gasteiger partial charge >= 0.3 is 5.97 Å². The SMILES string of the molecule is CC(=Nc1cccc(Cl)c1C(=O)O)c1ccccc1. The molecule has 2 rings (SSSR count). The van der Waals surface area contributed by atoms with Crippen molar-refractivity contribution in [3.63, 3.8) is 0 Å². The molecule has 2 aromatic rings. The molecule has 0 fully saturated rings. The second kappa shape index (κ2) is 5.67. The van der Waals surface area contributed by atoms with Crippen molar-refractivity contribution in [1.82, 2.24) is 0 Å². The highest BCUT2D eigenvalue weighted by atomic mass is 35.5. The molecule has 0 radical (unpaired) electrons. The first-order valence-corrected chi connectivity index (χ1v) is 6.10. The van der Waals surface area contributed by atoms with E-state index in [2.05, 4.69) is 4.99 Å². The molecule has 1 N–H and O–H groups in total. The maximum atomic E-state index is 11.2. The number of nitrogens with zero attached hydrogens (tertiary/aromatic N) is 1. The second-order valence-electron chi connectivity index (χ2n) is 4.00. The number of carboxylic acids is 1. The minimum absolute atomic E-state index is 0.0273. The van der Waals surface area contributed by atoms with Crippen molar-refractivity contribution < 1.29 is 9.90 Å². The van der Waals surface area contributed by atoms with E-state index in [1.54, 1.807) is 18.2 Å². The van der Waals surface area contributed by atoms with Gasteiger partial charge in [-0.3, -0.25) is 4.99 Å². The van der Waals surface area contributed by atoms with Crippen LogP contribution in [0.1, 0.15) is 22.8 Å². The third-order valence-corrected chi connectivity index (χ3v) is 3.00. The van der Waals surface area contributed by atoms with Crippen molar-refractivity contribution in [1.29, 1.82) is 0 Å². The third kappa shape index (κ3) is 3.01. The summed E-state index contributed by atoms with van der Waals surface area (Å²) in [5, 5.41) is 9.37. The lowest BCUT2D eigenvalue weighted by atomic mass is 10.1. The largest absolute Gasteiger partial charge is 0.478 e. The molecule has 0 aliphatic heterocycles. The molecule has 96 valence electrons. The molecular weight excluding hydrogens is 262 g/mol.